The summed E-state index contributed by atoms with van der Waals surface area (Å²) in [7, 11) is 1.57. The van der Waals surface area contributed by atoms with Crippen LogP contribution in [0.4, 0.5) is 0 Å². The van der Waals surface area contributed by atoms with Crippen LogP contribution in [0.3, 0.4) is 0 Å². The molecule has 1 aromatic heterocycles. The summed E-state index contributed by atoms with van der Waals surface area (Å²) in [6.07, 6.45) is 0. The van der Waals surface area contributed by atoms with Gasteiger partial charge in [0.2, 0.25) is 0 Å². The number of ether oxygens (including phenoxy) is 1. The zero-order valence-corrected chi connectivity index (χ0v) is 13.7. The molecule has 0 unspecified atom stereocenters. The topological polar surface area (TPSA) is 39.4 Å². The third kappa shape index (κ3) is 2.92. The Bertz CT molecular complexity index is 1080. The summed E-state index contributed by atoms with van der Waals surface area (Å²) in [5.74, 6) is 1.20. The van der Waals surface area contributed by atoms with Gasteiger partial charge in [0.25, 0.3) is 0 Å². The highest BCUT2D eigenvalue weighted by Gasteiger charge is 2.08. The smallest absolute Gasteiger partial charge is 0.193 e. The van der Waals surface area contributed by atoms with Crippen molar-refractivity contribution in [2.24, 2.45) is 0 Å². The van der Waals surface area contributed by atoms with Crippen molar-refractivity contribution in [3.63, 3.8) is 0 Å². The minimum atomic E-state index is -0.0812. The average molecular weight is 328 g/mol. The van der Waals surface area contributed by atoms with Crippen molar-refractivity contribution in [2.75, 3.05) is 7.11 Å². The lowest BCUT2D eigenvalue weighted by Crippen LogP contribution is -2.00. The Morgan fingerprint density at radius 1 is 0.760 bits per heavy atom. The second kappa shape index (κ2) is 6.29. The molecular formula is C22H16O3. The Balaban J connectivity index is 1.76. The van der Waals surface area contributed by atoms with Crippen LogP contribution in [0.2, 0.25) is 0 Å². The van der Waals surface area contributed by atoms with E-state index in [-0.39, 0.29) is 5.43 Å². The first-order chi connectivity index (χ1) is 12.2. The Kier molecular flexibility index (Phi) is 3.82. The van der Waals surface area contributed by atoms with E-state index in [2.05, 4.69) is 12.1 Å². The molecule has 3 heteroatoms. The van der Waals surface area contributed by atoms with Gasteiger partial charge in [-0.25, -0.2) is 0 Å². The van der Waals surface area contributed by atoms with E-state index in [0.29, 0.717) is 22.5 Å². The van der Waals surface area contributed by atoms with Gasteiger partial charge in [0.05, 0.1) is 12.5 Å². The zero-order chi connectivity index (χ0) is 17.2. The molecule has 0 bridgehead atoms. The van der Waals surface area contributed by atoms with E-state index in [1.807, 2.05) is 42.5 Å². The van der Waals surface area contributed by atoms with E-state index in [1.54, 1.807) is 25.3 Å². The molecule has 0 spiro atoms. The van der Waals surface area contributed by atoms with Gasteiger partial charge >= 0.3 is 0 Å². The summed E-state index contributed by atoms with van der Waals surface area (Å²) in [4.78, 5) is 12.4. The minimum Gasteiger partial charge on any atom is -0.497 e. The molecule has 4 aromatic rings. The lowest BCUT2D eigenvalue weighted by Gasteiger charge is -2.06. The molecular weight excluding hydrogens is 312 g/mol. The average Bonchev–Trinajstić information content (AvgIpc) is 2.68. The van der Waals surface area contributed by atoms with Crippen LogP contribution in [0, 0.1) is 0 Å². The second-order valence-corrected chi connectivity index (χ2v) is 5.78. The van der Waals surface area contributed by atoms with Crippen molar-refractivity contribution >= 4 is 11.0 Å². The number of rotatable bonds is 3. The molecule has 3 aromatic carbocycles. The fraction of sp³-hybridized carbons (Fsp3) is 0.0455. The number of hydrogen-bond acceptors (Lipinski definition) is 3. The third-order valence-corrected chi connectivity index (χ3v) is 4.21. The van der Waals surface area contributed by atoms with Crippen molar-refractivity contribution < 1.29 is 9.15 Å². The highest BCUT2D eigenvalue weighted by atomic mass is 16.5. The van der Waals surface area contributed by atoms with Crippen LogP contribution in [0.15, 0.2) is 88.1 Å². The van der Waals surface area contributed by atoms with Gasteiger partial charge in [-0.2, -0.15) is 0 Å². The van der Waals surface area contributed by atoms with E-state index in [9.17, 15) is 4.79 Å². The molecule has 0 atom stereocenters. The Hall–Kier alpha value is -3.33. The summed E-state index contributed by atoms with van der Waals surface area (Å²) >= 11 is 0. The lowest BCUT2D eigenvalue weighted by atomic mass is 10.0. The number of fused-ring (bicyclic) bond motifs is 1. The van der Waals surface area contributed by atoms with E-state index in [4.69, 9.17) is 9.15 Å². The molecule has 3 nitrogen and oxygen atoms in total. The largest absolute Gasteiger partial charge is 0.497 e. The van der Waals surface area contributed by atoms with Crippen LogP contribution in [0.5, 0.6) is 5.75 Å². The van der Waals surface area contributed by atoms with E-state index < -0.39 is 0 Å². The molecule has 0 saturated carbocycles. The maximum atomic E-state index is 12.4. The molecule has 0 aliphatic rings. The standard InChI is InChI=1S/C22H16O3/c1-24-18-11-12-21-19(13-18)20(23)14-22(25-21)17-9-7-16(8-10-17)15-5-3-2-4-6-15/h2-14H,1H3. The Labute approximate surface area is 145 Å². The Morgan fingerprint density at radius 3 is 2.16 bits per heavy atom. The molecule has 4 rings (SSSR count). The summed E-state index contributed by atoms with van der Waals surface area (Å²) in [6.45, 7) is 0. The zero-order valence-electron chi connectivity index (χ0n) is 13.7. The molecule has 0 radical (unpaired) electrons. The van der Waals surface area contributed by atoms with E-state index >= 15 is 0 Å². The lowest BCUT2D eigenvalue weighted by molar-refractivity contribution is 0.415. The molecule has 122 valence electrons. The maximum Gasteiger partial charge on any atom is 0.193 e. The molecule has 0 fully saturated rings. The summed E-state index contributed by atoms with van der Waals surface area (Å²) in [5, 5.41) is 0.518. The van der Waals surface area contributed by atoms with Crippen molar-refractivity contribution in [1.82, 2.24) is 0 Å². The molecule has 1 heterocycles. The van der Waals surface area contributed by atoms with E-state index in [0.717, 1.165) is 16.7 Å². The molecule has 0 aliphatic carbocycles. The molecule has 0 aliphatic heterocycles. The van der Waals surface area contributed by atoms with Crippen LogP contribution >= 0.6 is 0 Å². The first-order valence-corrected chi connectivity index (χ1v) is 8.02. The number of methoxy groups -OCH3 is 1. The van der Waals surface area contributed by atoms with Gasteiger partial charge < -0.3 is 9.15 Å². The van der Waals surface area contributed by atoms with Gasteiger partial charge in [-0.15, -0.1) is 0 Å². The minimum absolute atomic E-state index is 0.0812. The molecule has 25 heavy (non-hydrogen) atoms. The fourth-order valence-electron chi connectivity index (χ4n) is 2.86. The van der Waals surface area contributed by atoms with Crippen LogP contribution in [0.25, 0.3) is 33.4 Å². The number of benzene rings is 3. The quantitative estimate of drug-likeness (QED) is 0.523. The van der Waals surface area contributed by atoms with Gasteiger partial charge in [-0.3, -0.25) is 4.79 Å². The predicted octanol–water partition coefficient (Wildman–Crippen LogP) is 5.14. The SMILES string of the molecule is COc1ccc2oc(-c3ccc(-c4ccccc4)cc3)cc(=O)c2c1. The van der Waals surface area contributed by atoms with Crippen LogP contribution in [-0.2, 0) is 0 Å². The van der Waals surface area contributed by atoms with Gasteiger partial charge in [-0.05, 0) is 29.3 Å². The van der Waals surface area contributed by atoms with Crippen LogP contribution in [-0.4, -0.2) is 7.11 Å². The van der Waals surface area contributed by atoms with Crippen LogP contribution < -0.4 is 10.2 Å². The molecule has 0 saturated heterocycles. The fourth-order valence-corrected chi connectivity index (χ4v) is 2.86. The predicted molar refractivity (Wildman–Crippen MR) is 99.9 cm³/mol. The molecule has 0 N–H and O–H groups in total. The maximum absolute atomic E-state index is 12.4. The van der Waals surface area contributed by atoms with Gasteiger partial charge in [0.15, 0.2) is 5.43 Å². The van der Waals surface area contributed by atoms with Gasteiger partial charge in [-0.1, -0.05) is 54.6 Å². The highest BCUT2D eigenvalue weighted by molar-refractivity contribution is 5.80. The van der Waals surface area contributed by atoms with Crippen LogP contribution in [0.1, 0.15) is 0 Å². The van der Waals surface area contributed by atoms with Crippen molar-refractivity contribution in [1.29, 1.82) is 0 Å². The van der Waals surface area contributed by atoms with Gasteiger partial charge in [0.1, 0.15) is 17.1 Å². The molecule has 0 amide bonds. The summed E-state index contributed by atoms with van der Waals surface area (Å²) in [6, 6.07) is 24.9. The van der Waals surface area contributed by atoms with Crippen molar-refractivity contribution in [3.05, 3.63) is 89.1 Å². The summed E-state index contributed by atoms with van der Waals surface area (Å²) < 4.78 is 11.1. The normalized spacial score (nSPS) is 10.8. The van der Waals surface area contributed by atoms with Crippen molar-refractivity contribution in [3.8, 4) is 28.2 Å². The summed E-state index contributed by atoms with van der Waals surface area (Å²) in [5.41, 5.74) is 3.62. The van der Waals surface area contributed by atoms with Crippen molar-refractivity contribution in [2.45, 2.75) is 0 Å². The van der Waals surface area contributed by atoms with E-state index in [1.165, 1.54) is 6.07 Å². The Morgan fingerprint density at radius 2 is 1.44 bits per heavy atom. The third-order valence-electron chi connectivity index (χ3n) is 4.21. The van der Waals surface area contributed by atoms with Gasteiger partial charge in [0, 0.05) is 11.6 Å². The number of hydrogen-bond donors (Lipinski definition) is 0. The monoisotopic (exact) mass is 328 g/mol. The first-order valence-electron chi connectivity index (χ1n) is 8.02. The first kappa shape index (κ1) is 15.2. The second-order valence-electron chi connectivity index (χ2n) is 5.78. The highest BCUT2D eigenvalue weighted by Crippen LogP contribution is 2.27.